The van der Waals surface area contributed by atoms with Gasteiger partial charge in [-0.15, -0.1) is 0 Å². The zero-order valence-electron chi connectivity index (χ0n) is 8.64. The molecule has 0 unspecified atom stereocenters. The molecule has 0 aliphatic carbocycles. The Morgan fingerprint density at radius 3 is 2.88 bits per heavy atom. The number of nitrogens with zero attached hydrogens (tertiary/aromatic N) is 2. The number of aromatic nitrogens is 2. The number of halogens is 1. The first kappa shape index (κ1) is 10.7. The standard InChI is InChI=1S/C11H10ClN3O/c1-16-11-8(3-2-4-14-11)7-5-9(12)10(13)15-6-7/h2-6H,1H3,(H2,13,15). The lowest BCUT2D eigenvalue weighted by molar-refractivity contribution is 0.399. The number of ether oxygens (including phenoxy) is 1. The molecule has 0 aliphatic heterocycles. The summed E-state index contributed by atoms with van der Waals surface area (Å²) >= 11 is 5.91. The lowest BCUT2D eigenvalue weighted by atomic mass is 10.1. The molecule has 5 heteroatoms. The van der Waals surface area contributed by atoms with Gasteiger partial charge in [0.1, 0.15) is 5.82 Å². The van der Waals surface area contributed by atoms with Gasteiger partial charge in [-0.25, -0.2) is 9.97 Å². The van der Waals surface area contributed by atoms with Crippen LogP contribution in [0.1, 0.15) is 0 Å². The average Bonchev–Trinajstić information content (AvgIpc) is 2.32. The monoisotopic (exact) mass is 235 g/mol. The van der Waals surface area contributed by atoms with E-state index >= 15 is 0 Å². The first-order valence-electron chi connectivity index (χ1n) is 4.63. The van der Waals surface area contributed by atoms with E-state index in [1.54, 1.807) is 25.6 Å². The van der Waals surface area contributed by atoms with Crippen molar-refractivity contribution in [3.05, 3.63) is 35.6 Å². The number of pyridine rings is 2. The number of methoxy groups -OCH3 is 1. The zero-order valence-corrected chi connectivity index (χ0v) is 9.40. The molecule has 2 heterocycles. The van der Waals surface area contributed by atoms with Crippen LogP contribution in [0, 0.1) is 0 Å². The lowest BCUT2D eigenvalue weighted by Crippen LogP contribution is -1.94. The van der Waals surface area contributed by atoms with Crippen LogP contribution >= 0.6 is 11.6 Å². The molecule has 4 nitrogen and oxygen atoms in total. The molecule has 2 aromatic heterocycles. The molecule has 0 saturated carbocycles. The number of rotatable bonds is 2. The Bertz CT molecular complexity index is 516. The summed E-state index contributed by atoms with van der Waals surface area (Å²) in [7, 11) is 1.57. The molecule has 2 aromatic rings. The third-order valence-electron chi connectivity index (χ3n) is 2.15. The van der Waals surface area contributed by atoms with Gasteiger partial charge in [0.2, 0.25) is 5.88 Å². The Kier molecular flexibility index (Phi) is 2.92. The van der Waals surface area contributed by atoms with Gasteiger partial charge >= 0.3 is 0 Å². The number of nitrogens with two attached hydrogens (primary N) is 1. The molecule has 0 amide bonds. The van der Waals surface area contributed by atoms with Crippen molar-refractivity contribution >= 4 is 17.4 Å². The maximum atomic E-state index is 5.91. The Labute approximate surface area is 98.0 Å². The molecule has 0 spiro atoms. The molecule has 0 saturated heterocycles. The second kappa shape index (κ2) is 4.37. The zero-order chi connectivity index (χ0) is 11.5. The van der Waals surface area contributed by atoms with Crippen molar-refractivity contribution in [3.8, 4) is 17.0 Å². The highest BCUT2D eigenvalue weighted by atomic mass is 35.5. The third-order valence-corrected chi connectivity index (χ3v) is 2.45. The summed E-state index contributed by atoms with van der Waals surface area (Å²) in [5.41, 5.74) is 7.20. The van der Waals surface area contributed by atoms with Crippen LogP contribution in [0.3, 0.4) is 0 Å². The predicted octanol–water partition coefficient (Wildman–Crippen LogP) is 2.39. The van der Waals surface area contributed by atoms with Crippen molar-refractivity contribution in [2.24, 2.45) is 0 Å². The van der Waals surface area contributed by atoms with Gasteiger partial charge in [0.15, 0.2) is 0 Å². The van der Waals surface area contributed by atoms with Gasteiger partial charge < -0.3 is 10.5 Å². The van der Waals surface area contributed by atoms with Crippen LogP contribution in [-0.2, 0) is 0 Å². The van der Waals surface area contributed by atoms with Gasteiger partial charge in [0.05, 0.1) is 12.1 Å². The molecule has 2 rings (SSSR count). The van der Waals surface area contributed by atoms with Gasteiger partial charge in [0.25, 0.3) is 0 Å². The largest absolute Gasteiger partial charge is 0.481 e. The highest BCUT2D eigenvalue weighted by Crippen LogP contribution is 2.30. The number of hydrogen-bond donors (Lipinski definition) is 1. The van der Waals surface area contributed by atoms with E-state index in [0.717, 1.165) is 11.1 Å². The Hall–Kier alpha value is -1.81. The van der Waals surface area contributed by atoms with Crippen molar-refractivity contribution in [2.45, 2.75) is 0 Å². The fourth-order valence-corrected chi connectivity index (χ4v) is 1.54. The molecule has 82 valence electrons. The molecule has 0 radical (unpaired) electrons. The summed E-state index contributed by atoms with van der Waals surface area (Å²) in [6, 6.07) is 5.45. The molecular weight excluding hydrogens is 226 g/mol. The molecule has 0 aliphatic rings. The number of nitrogen functional groups attached to an aromatic ring is 1. The molecule has 0 atom stereocenters. The maximum absolute atomic E-state index is 5.91. The quantitative estimate of drug-likeness (QED) is 0.868. The van der Waals surface area contributed by atoms with Gasteiger partial charge in [0, 0.05) is 23.5 Å². The van der Waals surface area contributed by atoms with E-state index in [4.69, 9.17) is 22.1 Å². The fourth-order valence-electron chi connectivity index (χ4n) is 1.37. The minimum atomic E-state index is 0.313. The first-order chi connectivity index (χ1) is 7.72. The van der Waals surface area contributed by atoms with E-state index in [1.165, 1.54) is 0 Å². The summed E-state index contributed by atoms with van der Waals surface area (Å²) < 4.78 is 5.16. The van der Waals surface area contributed by atoms with Gasteiger partial charge in [-0.05, 0) is 18.2 Å². The van der Waals surface area contributed by atoms with E-state index in [9.17, 15) is 0 Å². The number of anilines is 1. The number of hydrogen-bond acceptors (Lipinski definition) is 4. The SMILES string of the molecule is COc1ncccc1-c1cnc(N)c(Cl)c1. The lowest BCUT2D eigenvalue weighted by Gasteiger charge is -2.07. The van der Waals surface area contributed by atoms with Crippen LogP contribution in [0.5, 0.6) is 5.88 Å². The van der Waals surface area contributed by atoms with Gasteiger partial charge in [-0.3, -0.25) is 0 Å². The van der Waals surface area contributed by atoms with Crippen LogP contribution in [0.2, 0.25) is 5.02 Å². The normalized spacial score (nSPS) is 10.1. The van der Waals surface area contributed by atoms with Crippen LogP contribution < -0.4 is 10.5 Å². The summed E-state index contributed by atoms with van der Waals surface area (Å²) in [4.78, 5) is 8.09. The van der Waals surface area contributed by atoms with Crippen LogP contribution in [0.4, 0.5) is 5.82 Å². The molecule has 0 aromatic carbocycles. The molecule has 0 fully saturated rings. The minimum absolute atomic E-state index is 0.313. The Balaban J connectivity index is 2.54. The van der Waals surface area contributed by atoms with E-state index < -0.39 is 0 Å². The van der Waals surface area contributed by atoms with E-state index in [2.05, 4.69) is 9.97 Å². The van der Waals surface area contributed by atoms with E-state index in [-0.39, 0.29) is 0 Å². The highest BCUT2D eigenvalue weighted by Gasteiger charge is 2.08. The summed E-state index contributed by atoms with van der Waals surface area (Å²) in [5.74, 6) is 0.846. The molecule has 2 N–H and O–H groups in total. The third kappa shape index (κ3) is 1.92. The van der Waals surface area contributed by atoms with Crippen molar-refractivity contribution in [1.82, 2.24) is 9.97 Å². The summed E-state index contributed by atoms with van der Waals surface area (Å²) in [6.45, 7) is 0. The van der Waals surface area contributed by atoms with Crippen molar-refractivity contribution in [2.75, 3.05) is 12.8 Å². The molecular formula is C11H10ClN3O. The van der Waals surface area contributed by atoms with Crippen LogP contribution in [-0.4, -0.2) is 17.1 Å². The molecule has 0 bridgehead atoms. The fraction of sp³-hybridized carbons (Fsp3) is 0.0909. The highest BCUT2D eigenvalue weighted by molar-refractivity contribution is 6.33. The van der Waals surface area contributed by atoms with Gasteiger partial charge in [-0.1, -0.05) is 11.6 Å². The van der Waals surface area contributed by atoms with E-state index in [0.29, 0.717) is 16.7 Å². The second-order valence-electron chi connectivity index (χ2n) is 3.15. The second-order valence-corrected chi connectivity index (χ2v) is 3.56. The van der Waals surface area contributed by atoms with Crippen molar-refractivity contribution in [1.29, 1.82) is 0 Å². The van der Waals surface area contributed by atoms with Gasteiger partial charge in [-0.2, -0.15) is 0 Å². The van der Waals surface area contributed by atoms with Crippen molar-refractivity contribution < 1.29 is 4.74 Å². The van der Waals surface area contributed by atoms with Crippen LogP contribution in [0.25, 0.3) is 11.1 Å². The average molecular weight is 236 g/mol. The predicted molar refractivity (Wildman–Crippen MR) is 63.4 cm³/mol. The summed E-state index contributed by atoms with van der Waals surface area (Å²) in [5, 5.41) is 0.420. The summed E-state index contributed by atoms with van der Waals surface area (Å²) in [6.07, 6.45) is 3.30. The smallest absolute Gasteiger partial charge is 0.221 e. The Morgan fingerprint density at radius 2 is 2.19 bits per heavy atom. The van der Waals surface area contributed by atoms with Crippen molar-refractivity contribution in [3.63, 3.8) is 0 Å². The van der Waals surface area contributed by atoms with E-state index in [1.807, 2.05) is 12.1 Å². The Morgan fingerprint density at radius 1 is 1.38 bits per heavy atom. The molecule has 16 heavy (non-hydrogen) atoms. The minimum Gasteiger partial charge on any atom is -0.481 e. The van der Waals surface area contributed by atoms with Crippen LogP contribution in [0.15, 0.2) is 30.6 Å². The first-order valence-corrected chi connectivity index (χ1v) is 5.00. The topological polar surface area (TPSA) is 61.0 Å². The maximum Gasteiger partial charge on any atom is 0.221 e.